The molecule has 2 atom stereocenters. The zero-order valence-corrected chi connectivity index (χ0v) is 14.0. The molecule has 1 aliphatic heterocycles. The van der Waals surface area contributed by atoms with Crippen molar-refractivity contribution in [3.8, 4) is 5.75 Å². The number of aryl methyl sites for hydroxylation is 2. The molecule has 0 fully saturated rings. The van der Waals surface area contributed by atoms with Crippen molar-refractivity contribution < 1.29 is 9.26 Å². The minimum atomic E-state index is 0.186. The number of nitrogens with one attached hydrogen (secondary N) is 1. The van der Waals surface area contributed by atoms with Gasteiger partial charge in [-0.3, -0.25) is 0 Å². The molecule has 0 saturated heterocycles. The van der Waals surface area contributed by atoms with Gasteiger partial charge in [0.1, 0.15) is 11.5 Å². The third-order valence-electron chi connectivity index (χ3n) is 3.98. The van der Waals surface area contributed by atoms with Crippen molar-refractivity contribution >= 4 is 15.9 Å². The molecule has 5 heteroatoms. The second kappa shape index (κ2) is 5.81. The summed E-state index contributed by atoms with van der Waals surface area (Å²) in [5.74, 6) is 1.85. The molecule has 0 spiro atoms. The number of nitrogens with zero attached hydrogens (tertiary/aromatic N) is 1. The predicted octanol–water partition coefficient (Wildman–Crippen LogP) is 4.23. The topological polar surface area (TPSA) is 47.3 Å². The Morgan fingerprint density at radius 1 is 1.38 bits per heavy atom. The van der Waals surface area contributed by atoms with Crippen LogP contribution in [0, 0.1) is 13.8 Å². The molecule has 4 nitrogen and oxygen atoms in total. The maximum absolute atomic E-state index is 5.74. The van der Waals surface area contributed by atoms with Gasteiger partial charge in [0.2, 0.25) is 0 Å². The molecule has 2 unspecified atom stereocenters. The molecule has 1 aromatic heterocycles. The average Bonchev–Trinajstić information content (AvgIpc) is 2.79. The lowest BCUT2D eigenvalue weighted by Gasteiger charge is -2.29. The van der Waals surface area contributed by atoms with Crippen LogP contribution in [0.4, 0.5) is 0 Å². The number of hydrogen-bond acceptors (Lipinski definition) is 4. The largest absolute Gasteiger partial charge is 0.493 e. The molecule has 21 heavy (non-hydrogen) atoms. The molecule has 0 radical (unpaired) electrons. The molecule has 2 heterocycles. The SMILES string of the molecule is Cc1noc(C)c1C(C)NC1CCOc2ccc(Br)cc21. The third kappa shape index (κ3) is 2.85. The fourth-order valence-corrected chi connectivity index (χ4v) is 3.41. The third-order valence-corrected chi connectivity index (χ3v) is 4.48. The summed E-state index contributed by atoms with van der Waals surface area (Å²) in [6.07, 6.45) is 0.956. The lowest BCUT2D eigenvalue weighted by Crippen LogP contribution is -2.29. The molecular weight excluding hydrogens is 332 g/mol. The summed E-state index contributed by atoms with van der Waals surface area (Å²) < 4.78 is 12.1. The van der Waals surface area contributed by atoms with E-state index in [9.17, 15) is 0 Å². The van der Waals surface area contributed by atoms with E-state index in [0.717, 1.165) is 40.3 Å². The molecule has 2 aromatic rings. The van der Waals surface area contributed by atoms with E-state index in [4.69, 9.17) is 9.26 Å². The Morgan fingerprint density at radius 3 is 2.90 bits per heavy atom. The van der Waals surface area contributed by atoms with Crippen LogP contribution in [-0.2, 0) is 0 Å². The number of benzene rings is 1. The summed E-state index contributed by atoms with van der Waals surface area (Å²) in [7, 11) is 0. The van der Waals surface area contributed by atoms with Crippen molar-refractivity contribution in [1.82, 2.24) is 10.5 Å². The Kier molecular flexibility index (Phi) is 4.04. The molecule has 1 N–H and O–H groups in total. The summed E-state index contributed by atoms with van der Waals surface area (Å²) in [6.45, 7) is 6.83. The summed E-state index contributed by atoms with van der Waals surface area (Å²) in [5, 5.41) is 7.73. The van der Waals surface area contributed by atoms with Gasteiger partial charge in [0.15, 0.2) is 0 Å². The fourth-order valence-electron chi connectivity index (χ4n) is 3.03. The molecule has 112 valence electrons. The van der Waals surface area contributed by atoms with Crippen molar-refractivity contribution in [2.45, 2.75) is 39.3 Å². The van der Waals surface area contributed by atoms with Crippen LogP contribution in [0.1, 0.15) is 48.0 Å². The fraction of sp³-hybridized carbons (Fsp3) is 0.438. The number of halogens is 1. The first-order valence-electron chi connectivity index (χ1n) is 7.17. The van der Waals surface area contributed by atoms with Crippen LogP contribution in [0.3, 0.4) is 0 Å². The van der Waals surface area contributed by atoms with Crippen LogP contribution in [0.15, 0.2) is 27.2 Å². The van der Waals surface area contributed by atoms with Crippen molar-refractivity contribution in [3.63, 3.8) is 0 Å². The second-order valence-electron chi connectivity index (χ2n) is 5.50. The van der Waals surface area contributed by atoms with Gasteiger partial charge in [-0.1, -0.05) is 21.1 Å². The Labute approximate surface area is 133 Å². The highest BCUT2D eigenvalue weighted by atomic mass is 79.9. The van der Waals surface area contributed by atoms with Crippen LogP contribution < -0.4 is 10.1 Å². The zero-order valence-electron chi connectivity index (χ0n) is 12.4. The van der Waals surface area contributed by atoms with Crippen LogP contribution >= 0.6 is 15.9 Å². The monoisotopic (exact) mass is 350 g/mol. The van der Waals surface area contributed by atoms with E-state index in [2.05, 4.69) is 39.4 Å². The van der Waals surface area contributed by atoms with Gasteiger partial charge in [0, 0.05) is 34.1 Å². The first-order valence-corrected chi connectivity index (χ1v) is 7.96. The molecular formula is C16H19BrN2O2. The lowest BCUT2D eigenvalue weighted by atomic mass is 9.98. The van der Waals surface area contributed by atoms with Gasteiger partial charge < -0.3 is 14.6 Å². The minimum Gasteiger partial charge on any atom is -0.493 e. The van der Waals surface area contributed by atoms with Gasteiger partial charge in [-0.2, -0.15) is 0 Å². The minimum absolute atomic E-state index is 0.186. The normalized spacial score (nSPS) is 19.0. The summed E-state index contributed by atoms with van der Waals surface area (Å²) >= 11 is 3.54. The van der Waals surface area contributed by atoms with Gasteiger partial charge >= 0.3 is 0 Å². The Bertz CT molecular complexity index is 634. The maximum Gasteiger partial charge on any atom is 0.138 e. The van der Waals surface area contributed by atoms with Crippen molar-refractivity contribution in [1.29, 1.82) is 0 Å². The number of ether oxygens (including phenoxy) is 1. The number of hydrogen-bond donors (Lipinski definition) is 1. The average molecular weight is 351 g/mol. The molecule has 1 aromatic carbocycles. The number of rotatable bonds is 3. The van der Waals surface area contributed by atoms with E-state index < -0.39 is 0 Å². The van der Waals surface area contributed by atoms with Gasteiger partial charge in [0.25, 0.3) is 0 Å². The smallest absolute Gasteiger partial charge is 0.138 e. The van der Waals surface area contributed by atoms with E-state index in [1.807, 2.05) is 26.0 Å². The Morgan fingerprint density at radius 2 is 2.19 bits per heavy atom. The first-order chi connectivity index (χ1) is 10.1. The zero-order chi connectivity index (χ0) is 15.0. The highest BCUT2D eigenvalue weighted by Gasteiger charge is 2.25. The van der Waals surface area contributed by atoms with Crippen molar-refractivity contribution in [2.75, 3.05) is 6.61 Å². The molecule has 0 saturated carbocycles. The van der Waals surface area contributed by atoms with E-state index in [1.54, 1.807) is 0 Å². The molecule has 0 bridgehead atoms. The van der Waals surface area contributed by atoms with Crippen LogP contribution in [0.5, 0.6) is 5.75 Å². The van der Waals surface area contributed by atoms with Crippen LogP contribution in [0.25, 0.3) is 0 Å². The summed E-state index contributed by atoms with van der Waals surface area (Å²) in [5.41, 5.74) is 3.31. The molecule has 3 rings (SSSR count). The van der Waals surface area contributed by atoms with Crippen molar-refractivity contribution in [3.05, 3.63) is 45.3 Å². The van der Waals surface area contributed by atoms with E-state index in [-0.39, 0.29) is 12.1 Å². The number of aromatic nitrogens is 1. The van der Waals surface area contributed by atoms with Gasteiger partial charge in [0.05, 0.1) is 12.3 Å². The van der Waals surface area contributed by atoms with Crippen LogP contribution in [-0.4, -0.2) is 11.8 Å². The predicted molar refractivity (Wildman–Crippen MR) is 84.5 cm³/mol. The Hall–Kier alpha value is -1.33. The quantitative estimate of drug-likeness (QED) is 0.899. The van der Waals surface area contributed by atoms with E-state index in [1.165, 1.54) is 5.56 Å². The molecule has 0 aliphatic carbocycles. The second-order valence-corrected chi connectivity index (χ2v) is 6.41. The van der Waals surface area contributed by atoms with Gasteiger partial charge in [-0.05, 0) is 39.0 Å². The highest BCUT2D eigenvalue weighted by molar-refractivity contribution is 9.10. The molecule has 0 amide bonds. The van der Waals surface area contributed by atoms with Crippen molar-refractivity contribution in [2.24, 2.45) is 0 Å². The van der Waals surface area contributed by atoms with E-state index >= 15 is 0 Å². The van der Waals surface area contributed by atoms with Gasteiger partial charge in [-0.15, -0.1) is 0 Å². The molecule has 1 aliphatic rings. The number of fused-ring (bicyclic) bond motifs is 1. The highest BCUT2D eigenvalue weighted by Crippen LogP contribution is 2.36. The lowest BCUT2D eigenvalue weighted by molar-refractivity contribution is 0.245. The first kappa shape index (κ1) is 14.6. The summed E-state index contributed by atoms with van der Waals surface area (Å²) in [6, 6.07) is 6.63. The summed E-state index contributed by atoms with van der Waals surface area (Å²) in [4.78, 5) is 0. The standard InChI is InChI=1S/C16H19BrN2O2/c1-9(16-10(2)19-21-11(16)3)18-14-6-7-20-15-5-4-12(17)8-13(14)15/h4-5,8-9,14,18H,6-7H2,1-3H3. The Balaban J connectivity index is 1.85. The van der Waals surface area contributed by atoms with Crippen LogP contribution in [0.2, 0.25) is 0 Å². The van der Waals surface area contributed by atoms with Gasteiger partial charge in [-0.25, -0.2) is 0 Å². The maximum atomic E-state index is 5.74. The van der Waals surface area contributed by atoms with E-state index in [0.29, 0.717) is 0 Å².